The number of fused-ring (bicyclic) bond motifs is 1. The van der Waals surface area contributed by atoms with Gasteiger partial charge >= 0.3 is 0 Å². The van der Waals surface area contributed by atoms with E-state index in [2.05, 4.69) is 5.16 Å². The van der Waals surface area contributed by atoms with E-state index in [9.17, 15) is 9.90 Å². The Labute approximate surface area is 139 Å². The quantitative estimate of drug-likeness (QED) is 0.282. The van der Waals surface area contributed by atoms with E-state index in [1.807, 2.05) is 13.8 Å². The second-order valence-corrected chi connectivity index (χ2v) is 6.16. The van der Waals surface area contributed by atoms with Crippen LogP contribution in [0.3, 0.4) is 0 Å². The number of carbonyl (C=O) groups excluding carboxylic acids is 1. The number of benzene rings is 1. The van der Waals surface area contributed by atoms with Crippen LogP contribution in [0.2, 0.25) is 5.02 Å². The summed E-state index contributed by atoms with van der Waals surface area (Å²) in [6, 6.07) is 1.59. The average molecular weight is 342 g/mol. The van der Waals surface area contributed by atoms with Gasteiger partial charge in [-0.25, -0.2) is 0 Å². The number of phenolic OH excluding ortho intramolecular Hbond substituents is 1. The Hall–Kier alpha value is -1.95. The second-order valence-electron chi connectivity index (χ2n) is 5.78. The molecule has 1 aliphatic heterocycles. The van der Waals surface area contributed by atoms with Gasteiger partial charge in [0.05, 0.1) is 12.2 Å². The van der Waals surface area contributed by atoms with Crippen molar-refractivity contribution >= 4 is 23.3 Å². The zero-order chi connectivity index (χ0) is 17.1. The highest BCUT2D eigenvalue weighted by atomic mass is 35.5. The smallest absolute Gasteiger partial charge is 0.267 e. The first-order valence-corrected chi connectivity index (χ1v) is 7.85. The van der Waals surface area contributed by atoms with Crippen molar-refractivity contribution in [3.8, 4) is 11.5 Å². The van der Waals surface area contributed by atoms with Gasteiger partial charge in [0.25, 0.3) is 5.90 Å². The number of aromatic hydroxyl groups is 1. The predicted molar refractivity (Wildman–Crippen MR) is 85.9 cm³/mol. The lowest BCUT2D eigenvalue weighted by Gasteiger charge is -2.13. The van der Waals surface area contributed by atoms with Crippen LogP contribution in [0, 0.1) is 5.92 Å². The third-order valence-electron chi connectivity index (χ3n) is 3.50. The van der Waals surface area contributed by atoms with Crippen molar-refractivity contribution in [2.75, 3.05) is 6.61 Å². The highest BCUT2D eigenvalue weighted by Gasteiger charge is 2.34. The number of rotatable bonds is 5. The Balaban J connectivity index is 2.33. The van der Waals surface area contributed by atoms with Crippen LogP contribution in [0.15, 0.2) is 11.2 Å². The Morgan fingerprint density at radius 1 is 1.57 bits per heavy atom. The normalized spacial score (nSPS) is 17.1. The summed E-state index contributed by atoms with van der Waals surface area (Å²) in [6.45, 7) is 5.94. The molecule has 0 bridgehead atoms. The van der Waals surface area contributed by atoms with Gasteiger partial charge in [-0.15, -0.1) is 0 Å². The van der Waals surface area contributed by atoms with Crippen molar-refractivity contribution in [2.45, 2.75) is 39.7 Å². The van der Waals surface area contributed by atoms with Crippen LogP contribution >= 0.6 is 11.6 Å². The minimum Gasteiger partial charge on any atom is -0.505 e. The molecule has 0 spiro atoms. The summed E-state index contributed by atoms with van der Waals surface area (Å²) in [7, 11) is 0. The van der Waals surface area contributed by atoms with E-state index in [1.54, 1.807) is 13.0 Å². The van der Waals surface area contributed by atoms with Gasteiger partial charge in [-0.2, -0.15) is 0 Å². The number of halogens is 1. The monoisotopic (exact) mass is 341 g/mol. The lowest BCUT2D eigenvalue weighted by Crippen LogP contribution is -2.27. The topological polar surface area (TPSA) is 88.4 Å². The van der Waals surface area contributed by atoms with Crippen molar-refractivity contribution in [2.24, 2.45) is 11.1 Å². The minimum absolute atomic E-state index is 0.00843. The number of hydrogen-bond acceptors (Lipinski definition) is 6. The molecule has 0 amide bonds. The summed E-state index contributed by atoms with van der Waals surface area (Å²) < 4.78 is 10.8. The largest absolute Gasteiger partial charge is 0.505 e. The molecule has 2 N–H and O–H groups in total. The van der Waals surface area contributed by atoms with E-state index < -0.39 is 6.10 Å². The van der Waals surface area contributed by atoms with E-state index in [4.69, 9.17) is 26.3 Å². The fraction of sp³-hybridized carbons (Fsp3) is 0.500. The van der Waals surface area contributed by atoms with Gasteiger partial charge < -0.3 is 19.8 Å². The van der Waals surface area contributed by atoms with E-state index in [0.29, 0.717) is 25.0 Å². The Kier molecular flexibility index (Phi) is 5.36. The highest BCUT2D eigenvalue weighted by Crippen LogP contribution is 2.44. The molecule has 1 aliphatic rings. The Morgan fingerprint density at radius 3 is 2.83 bits per heavy atom. The maximum Gasteiger partial charge on any atom is 0.267 e. The van der Waals surface area contributed by atoms with Crippen molar-refractivity contribution in [1.29, 1.82) is 0 Å². The molecule has 23 heavy (non-hydrogen) atoms. The van der Waals surface area contributed by atoms with Gasteiger partial charge in [-0.05, 0) is 18.9 Å². The van der Waals surface area contributed by atoms with Gasteiger partial charge in [0, 0.05) is 18.4 Å². The Bertz CT molecular complexity index is 642. The van der Waals surface area contributed by atoms with Gasteiger partial charge in [0.2, 0.25) is 0 Å². The zero-order valence-corrected chi connectivity index (χ0v) is 14.1. The number of ketones is 1. The van der Waals surface area contributed by atoms with E-state index in [1.165, 1.54) is 0 Å². The van der Waals surface area contributed by atoms with Crippen molar-refractivity contribution in [3.05, 3.63) is 22.2 Å². The summed E-state index contributed by atoms with van der Waals surface area (Å²) in [5.74, 6) is 0.0385. The van der Waals surface area contributed by atoms with Crippen molar-refractivity contribution in [3.63, 3.8) is 0 Å². The second kappa shape index (κ2) is 7.08. The minimum atomic E-state index is -0.637. The SMILES string of the molecule is CCO/C(=N/O)C1Cc2cc(C(=O)CC(C)C)c(O)c(Cl)c2O1. The summed E-state index contributed by atoms with van der Waals surface area (Å²) in [4.78, 5) is 12.3. The molecule has 0 aromatic heterocycles. The summed E-state index contributed by atoms with van der Waals surface area (Å²) >= 11 is 6.14. The summed E-state index contributed by atoms with van der Waals surface area (Å²) in [5.41, 5.74) is 0.858. The van der Waals surface area contributed by atoms with E-state index in [0.717, 1.165) is 0 Å². The zero-order valence-electron chi connectivity index (χ0n) is 13.3. The van der Waals surface area contributed by atoms with E-state index in [-0.39, 0.29) is 39.7 Å². The molecule has 1 heterocycles. The number of Topliss-reactive ketones (excluding diaryl/α,β-unsaturated/α-hetero) is 1. The molecule has 0 fully saturated rings. The molecule has 0 radical (unpaired) electrons. The first-order valence-electron chi connectivity index (χ1n) is 7.47. The molecule has 0 saturated heterocycles. The number of nitrogens with zero attached hydrogens (tertiary/aromatic N) is 1. The Morgan fingerprint density at radius 2 is 2.26 bits per heavy atom. The predicted octanol–water partition coefficient (Wildman–Crippen LogP) is 3.40. The van der Waals surface area contributed by atoms with Crippen LogP contribution in [0.25, 0.3) is 0 Å². The summed E-state index contributed by atoms with van der Waals surface area (Å²) in [5, 5.41) is 22.3. The van der Waals surface area contributed by atoms with Gasteiger partial charge in [0.1, 0.15) is 16.5 Å². The number of phenols is 1. The lowest BCUT2D eigenvalue weighted by molar-refractivity contribution is 0.0965. The molecule has 0 aliphatic carbocycles. The standard InChI is InChI=1S/C16H20ClNO5/c1-4-22-16(18-21)12-7-9-6-10(11(19)5-8(2)3)14(20)13(17)15(9)23-12/h6,8,12,20-21H,4-5,7H2,1-3H3/b18-16+. The fourth-order valence-corrected chi connectivity index (χ4v) is 2.77. The molecule has 1 atom stereocenters. The lowest BCUT2D eigenvalue weighted by atomic mass is 9.97. The molecule has 126 valence electrons. The molecule has 7 heteroatoms. The number of carbonyl (C=O) groups is 1. The van der Waals surface area contributed by atoms with Crippen molar-refractivity contribution < 1.29 is 24.6 Å². The van der Waals surface area contributed by atoms with Crippen LogP contribution in [-0.4, -0.2) is 34.7 Å². The first kappa shape index (κ1) is 17.4. The molecular formula is C16H20ClNO5. The van der Waals surface area contributed by atoms with Crippen LogP contribution < -0.4 is 4.74 Å². The van der Waals surface area contributed by atoms with Gasteiger partial charge in [0.15, 0.2) is 11.9 Å². The molecule has 0 saturated carbocycles. The molecule has 6 nitrogen and oxygen atoms in total. The molecule has 1 unspecified atom stereocenters. The van der Waals surface area contributed by atoms with Crippen LogP contribution in [0.4, 0.5) is 0 Å². The average Bonchev–Trinajstić information content (AvgIpc) is 2.91. The number of ether oxygens (including phenoxy) is 2. The van der Waals surface area contributed by atoms with Gasteiger partial charge in [-0.3, -0.25) is 4.79 Å². The fourth-order valence-electron chi connectivity index (χ4n) is 2.50. The molecule has 1 aromatic rings. The molecule has 2 rings (SSSR count). The molecular weight excluding hydrogens is 322 g/mol. The van der Waals surface area contributed by atoms with Crippen molar-refractivity contribution in [1.82, 2.24) is 0 Å². The highest BCUT2D eigenvalue weighted by molar-refractivity contribution is 6.34. The van der Waals surface area contributed by atoms with Crippen LogP contribution in [0.5, 0.6) is 11.5 Å². The van der Waals surface area contributed by atoms with Crippen LogP contribution in [0.1, 0.15) is 43.1 Å². The third kappa shape index (κ3) is 3.52. The third-order valence-corrected chi connectivity index (χ3v) is 3.85. The molecule has 1 aromatic carbocycles. The first-order chi connectivity index (χ1) is 10.9. The maximum atomic E-state index is 12.3. The number of oxime groups is 1. The van der Waals surface area contributed by atoms with E-state index >= 15 is 0 Å². The number of hydrogen-bond donors (Lipinski definition) is 2. The maximum absolute atomic E-state index is 12.3. The summed E-state index contributed by atoms with van der Waals surface area (Å²) in [6.07, 6.45) is 0.0219. The van der Waals surface area contributed by atoms with Crippen LogP contribution in [-0.2, 0) is 11.2 Å². The van der Waals surface area contributed by atoms with Gasteiger partial charge in [-0.1, -0.05) is 30.6 Å².